The molecule has 1 nitrogen and oxygen atoms in total. The molecule has 0 saturated carbocycles. The second-order valence-electron chi connectivity index (χ2n) is 5.49. The summed E-state index contributed by atoms with van der Waals surface area (Å²) in [4.78, 5) is 0. The highest BCUT2D eigenvalue weighted by Crippen LogP contribution is 2.30. The molecule has 0 radical (unpaired) electrons. The largest absolute Gasteiger partial charge is 0.212 e. The summed E-state index contributed by atoms with van der Waals surface area (Å²) >= 11 is 0. The van der Waals surface area contributed by atoms with E-state index in [9.17, 15) is 0 Å². The average Bonchev–Trinajstić information content (AvgIpc) is 2.28. The van der Waals surface area contributed by atoms with Gasteiger partial charge in [0.1, 0.15) is 7.05 Å². The Morgan fingerprint density at radius 1 is 0.882 bits per heavy atom. The van der Waals surface area contributed by atoms with Crippen molar-refractivity contribution in [3.8, 4) is 11.3 Å². The van der Waals surface area contributed by atoms with Crippen molar-refractivity contribution in [2.24, 2.45) is 7.05 Å². The quantitative estimate of drug-likeness (QED) is 0.655. The maximum Gasteiger partial charge on any atom is 0.212 e. The van der Waals surface area contributed by atoms with E-state index in [0.29, 0.717) is 0 Å². The molecule has 88 valence electrons. The highest BCUT2D eigenvalue weighted by molar-refractivity contribution is 5.62. The lowest BCUT2D eigenvalue weighted by molar-refractivity contribution is -0.660. The molecule has 0 aliphatic rings. The predicted octanol–water partition coefficient (Wildman–Crippen LogP) is 3.48. The zero-order valence-electron chi connectivity index (χ0n) is 11.1. The van der Waals surface area contributed by atoms with Crippen LogP contribution < -0.4 is 4.57 Å². The lowest BCUT2D eigenvalue weighted by Crippen LogP contribution is -2.31. The van der Waals surface area contributed by atoms with Gasteiger partial charge in [0.15, 0.2) is 6.20 Å². The number of hydrogen-bond acceptors (Lipinski definition) is 0. The Balaban J connectivity index is 2.65. The fourth-order valence-corrected chi connectivity index (χ4v) is 2.16. The van der Waals surface area contributed by atoms with Gasteiger partial charge in [-0.25, -0.2) is 4.57 Å². The summed E-state index contributed by atoms with van der Waals surface area (Å²) in [5.74, 6) is 0. The van der Waals surface area contributed by atoms with Crippen LogP contribution in [0.2, 0.25) is 0 Å². The maximum atomic E-state index is 2.26. The van der Waals surface area contributed by atoms with Crippen molar-refractivity contribution in [3.05, 3.63) is 54.2 Å². The summed E-state index contributed by atoms with van der Waals surface area (Å²) in [5.41, 5.74) is 4.14. The first-order valence-electron chi connectivity index (χ1n) is 6.05. The number of benzene rings is 1. The first kappa shape index (κ1) is 11.8. The zero-order valence-corrected chi connectivity index (χ0v) is 11.1. The van der Waals surface area contributed by atoms with Crippen molar-refractivity contribution in [2.75, 3.05) is 0 Å². The second kappa shape index (κ2) is 4.33. The molecule has 0 bridgehead atoms. The number of aromatic nitrogens is 1. The highest BCUT2D eigenvalue weighted by atomic mass is 14.9. The van der Waals surface area contributed by atoms with E-state index in [1.807, 2.05) is 0 Å². The topological polar surface area (TPSA) is 3.88 Å². The Morgan fingerprint density at radius 2 is 1.53 bits per heavy atom. The molecule has 0 aliphatic heterocycles. The molecule has 17 heavy (non-hydrogen) atoms. The van der Waals surface area contributed by atoms with Crippen LogP contribution in [0.4, 0.5) is 0 Å². The number of hydrogen-bond donors (Lipinski definition) is 0. The second-order valence-corrected chi connectivity index (χ2v) is 5.49. The highest BCUT2D eigenvalue weighted by Gasteiger charge is 2.21. The van der Waals surface area contributed by atoms with Gasteiger partial charge in [0.25, 0.3) is 0 Å². The molecule has 0 spiro atoms. The van der Waals surface area contributed by atoms with Crippen molar-refractivity contribution in [1.82, 2.24) is 0 Å². The Kier molecular flexibility index (Phi) is 3.01. The van der Waals surface area contributed by atoms with Crippen molar-refractivity contribution in [1.29, 1.82) is 0 Å². The molecular formula is C16H20N+. The molecule has 1 aromatic heterocycles. The van der Waals surface area contributed by atoms with Gasteiger partial charge in [-0.05, 0) is 23.1 Å². The van der Waals surface area contributed by atoms with Crippen LogP contribution >= 0.6 is 0 Å². The first-order chi connectivity index (χ1) is 8.00. The fourth-order valence-electron chi connectivity index (χ4n) is 2.16. The summed E-state index contributed by atoms with van der Waals surface area (Å²) in [6, 6.07) is 15.0. The summed E-state index contributed by atoms with van der Waals surface area (Å²) in [6.45, 7) is 6.78. The van der Waals surface area contributed by atoms with Gasteiger partial charge in [-0.3, -0.25) is 0 Å². The first-order valence-corrected chi connectivity index (χ1v) is 6.05. The lowest BCUT2D eigenvalue weighted by Gasteiger charge is -2.21. The SMILES string of the molecule is C[n+]1ccccc1-c1ccccc1C(C)(C)C. The number of pyridine rings is 1. The van der Waals surface area contributed by atoms with Crippen molar-refractivity contribution >= 4 is 0 Å². The van der Waals surface area contributed by atoms with E-state index in [2.05, 4.69) is 81.0 Å². The predicted molar refractivity (Wildman–Crippen MR) is 71.8 cm³/mol. The minimum absolute atomic E-state index is 0.166. The molecule has 0 fully saturated rings. The van der Waals surface area contributed by atoms with Crippen LogP contribution in [-0.2, 0) is 12.5 Å². The molecule has 0 N–H and O–H groups in total. The minimum Gasteiger partial charge on any atom is -0.201 e. The standard InChI is InChI=1S/C16H20N/c1-16(2,3)14-10-6-5-9-13(14)15-11-7-8-12-17(15)4/h5-12H,1-4H3/q+1. The van der Waals surface area contributed by atoms with Gasteiger partial charge in [-0.1, -0.05) is 39.0 Å². The van der Waals surface area contributed by atoms with Crippen LogP contribution in [0.5, 0.6) is 0 Å². The molecule has 0 saturated heterocycles. The van der Waals surface area contributed by atoms with Crippen LogP contribution in [0.3, 0.4) is 0 Å². The molecular weight excluding hydrogens is 206 g/mol. The minimum atomic E-state index is 0.166. The number of aryl methyl sites for hydroxylation is 1. The van der Waals surface area contributed by atoms with Crippen molar-refractivity contribution in [3.63, 3.8) is 0 Å². The summed E-state index contributed by atoms with van der Waals surface area (Å²) in [6.07, 6.45) is 2.09. The van der Waals surface area contributed by atoms with Gasteiger partial charge in [0.05, 0.1) is 0 Å². The van der Waals surface area contributed by atoms with Crippen LogP contribution in [0.15, 0.2) is 48.7 Å². The van der Waals surface area contributed by atoms with Gasteiger partial charge in [-0.15, -0.1) is 0 Å². The van der Waals surface area contributed by atoms with Crippen LogP contribution in [0, 0.1) is 0 Å². The molecule has 1 heterocycles. The van der Waals surface area contributed by atoms with E-state index in [0.717, 1.165) is 0 Å². The Bertz CT molecular complexity index is 521. The van der Waals surface area contributed by atoms with Crippen LogP contribution in [0.1, 0.15) is 26.3 Å². The van der Waals surface area contributed by atoms with E-state index in [-0.39, 0.29) is 5.41 Å². The average molecular weight is 226 g/mol. The third-order valence-electron chi connectivity index (χ3n) is 3.07. The fraction of sp³-hybridized carbons (Fsp3) is 0.312. The molecule has 1 aromatic carbocycles. The van der Waals surface area contributed by atoms with E-state index < -0.39 is 0 Å². The van der Waals surface area contributed by atoms with Gasteiger partial charge < -0.3 is 0 Å². The summed E-state index contributed by atoms with van der Waals surface area (Å²) in [7, 11) is 2.09. The van der Waals surface area contributed by atoms with E-state index in [1.54, 1.807) is 0 Å². The van der Waals surface area contributed by atoms with Gasteiger partial charge in [0.2, 0.25) is 5.69 Å². The Labute approximate surface area is 104 Å². The van der Waals surface area contributed by atoms with Crippen molar-refractivity contribution in [2.45, 2.75) is 26.2 Å². The molecule has 0 amide bonds. The van der Waals surface area contributed by atoms with Gasteiger partial charge in [0, 0.05) is 17.7 Å². The van der Waals surface area contributed by atoms with Crippen LogP contribution in [0.25, 0.3) is 11.3 Å². The summed E-state index contributed by atoms with van der Waals surface area (Å²) in [5, 5.41) is 0. The Morgan fingerprint density at radius 3 is 2.18 bits per heavy atom. The third-order valence-corrected chi connectivity index (χ3v) is 3.07. The monoisotopic (exact) mass is 226 g/mol. The number of nitrogens with zero attached hydrogens (tertiary/aromatic N) is 1. The molecule has 0 aliphatic carbocycles. The summed E-state index contributed by atoms with van der Waals surface area (Å²) < 4.78 is 2.17. The maximum absolute atomic E-state index is 2.26. The van der Waals surface area contributed by atoms with E-state index >= 15 is 0 Å². The molecule has 0 unspecified atom stereocenters. The van der Waals surface area contributed by atoms with Crippen molar-refractivity contribution < 1.29 is 4.57 Å². The number of rotatable bonds is 1. The molecule has 2 aromatic rings. The van der Waals surface area contributed by atoms with Gasteiger partial charge >= 0.3 is 0 Å². The molecule has 1 heteroatoms. The van der Waals surface area contributed by atoms with Crippen LogP contribution in [-0.4, -0.2) is 0 Å². The normalized spacial score (nSPS) is 11.5. The lowest BCUT2D eigenvalue weighted by atomic mass is 9.83. The smallest absolute Gasteiger partial charge is 0.201 e. The molecule has 0 atom stereocenters. The zero-order chi connectivity index (χ0) is 12.5. The van der Waals surface area contributed by atoms with E-state index in [4.69, 9.17) is 0 Å². The van der Waals surface area contributed by atoms with E-state index in [1.165, 1.54) is 16.8 Å². The molecule has 2 rings (SSSR count). The van der Waals surface area contributed by atoms with Gasteiger partial charge in [-0.2, -0.15) is 0 Å². The third kappa shape index (κ3) is 2.38. The Hall–Kier alpha value is -1.63.